The maximum Gasteiger partial charge on any atom is 0.253 e. The molecule has 3 rings (SSSR count). The second kappa shape index (κ2) is 8.48. The van der Waals surface area contributed by atoms with E-state index in [0.717, 1.165) is 38.5 Å². The summed E-state index contributed by atoms with van der Waals surface area (Å²) in [6.45, 7) is 1.57. The van der Waals surface area contributed by atoms with Crippen molar-refractivity contribution < 1.29 is 14.7 Å². The van der Waals surface area contributed by atoms with E-state index in [2.05, 4.69) is 5.32 Å². The maximum atomic E-state index is 12.7. The van der Waals surface area contributed by atoms with Gasteiger partial charge in [-0.3, -0.25) is 9.59 Å². The van der Waals surface area contributed by atoms with Crippen molar-refractivity contribution in [1.82, 2.24) is 4.90 Å². The lowest BCUT2D eigenvalue weighted by molar-refractivity contribution is -0.120. The SMILES string of the molecule is O=C(Nc1cccc(C(=O)N2CCC(CO)CC2)c1)C1CCCCC1. The fourth-order valence-corrected chi connectivity index (χ4v) is 3.84. The highest BCUT2D eigenvalue weighted by Gasteiger charge is 2.24. The summed E-state index contributed by atoms with van der Waals surface area (Å²) in [5.41, 5.74) is 1.32. The van der Waals surface area contributed by atoms with Gasteiger partial charge in [0.05, 0.1) is 0 Å². The quantitative estimate of drug-likeness (QED) is 0.882. The first kappa shape index (κ1) is 17.9. The van der Waals surface area contributed by atoms with Gasteiger partial charge < -0.3 is 15.3 Å². The summed E-state index contributed by atoms with van der Waals surface area (Å²) < 4.78 is 0. The highest BCUT2D eigenvalue weighted by atomic mass is 16.3. The first-order valence-corrected chi connectivity index (χ1v) is 9.48. The number of aliphatic hydroxyl groups is 1. The fraction of sp³-hybridized carbons (Fsp3) is 0.600. The molecule has 1 aliphatic carbocycles. The summed E-state index contributed by atoms with van der Waals surface area (Å²) >= 11 is 0. The molecule has 136 valence electrons. The van der Waals surface area contributed by atoms with Crippen LogP contribution in [0.5, 0.6) is 0 Å². The Balaban J connectivity index is 1.61. The first-order chi connectivity index (χ1) is 12.2. The van der Waals surface area contributed by atoms with Crippen LogP contribution in [0.1, 0.15) is 55.3 Å². The van der Waals surface area contributed by atoms with Crippen LogP contribution in [-0.2, 0) is 4.79 Å². The van der Waals surface area contributed by atoms with Gasteiger partial charge in [-0.2, -0.15) is 0 Å². The number of rotatable bonds is 4. The standard InChI is InChI=1S/C20H28N2O3/c23-14-15-9-11-22(12-10-15)20(25)17-7-4-8-18(13-17)21-19(24)16-5-2-1-3-6-16/h4,7-8,13,15-16,23H,1-3,5-6,9-12,14H2,(H,21,24). The van der Waals surface area contributed by atoms with Gasteiger partial charge in [-0.25, -0.2) is 0 Å². The highest BCUT2D eigenvalue weighted by Crippen LogP contribution is 2.25. The van der Waals surface area contributed by atoms with Gasteiger partial charge >= 0.3 is 0 Å². The van der Waals surface area contributed by atoms with Gasteiger partial charge in [-0.15, -0.1) is 0 Å². The third-order valence-electron chi connectivity index (χ3n) is 5.51. The Morgan fingerprint density at radius 3 is 2.48 bits per heavy atom. The van der Waals surface area contributed by atoms with Crippen LogP contribution in [0.4, 0.5) is 5.69 Å². The molecule has 2 amide bonds. The van der Waals surface area contributed by atoms with E-state index < -0.39 is 0 Å². The summed E-state index contributed by atoms with van der Waals surface area (Å²) in [5, 5.41) is 12.2. The number of hydrogen-bond acceptors (Lipinski definition) is 3. The van der Waals surface area contributed by atoms with Gasteiger partial charge in [0.25, 0.3) is 5.91 Å². The number of likely N-dealkylation sites (tertiary alicyclic amines) is 1. The highest BCUT2D eigenvalue weighted by molar-refractivity contribution is 5.97. The van der Waals surface area contributed by atoms with E-state index in [1.165, 1.54) is 6.42 Å². The Kier molecular flexibility index (Phi) is 6.08. The Hall–Kier alpha value is -1.88. The van der Waals surface area contributed by atoms with Crippen LogP contribution >= 0.6 is 0 Å². The Morgan fingerprint density at radius 2 is 1.80 bits per heavy atom. The van der Waals surface area contributed by atoms with Crippen LogP contribution in [0.2, 0.25) is 0 Å². The zero-order chi connectivity index (χ0) is 17.6. The number of nitrogens with zero attached hydrogens (tertiary/aromatic N) is 1. The van der Waals surface area contributed by atoms with Crippen molar-refractivity contribution >= 4 is 17.5 Å². The molecule has 25 heavy (non-hydrogen) atoms. The van der Waals surface area contributed by atoms with Gasteiger partial charge in [0.2, 0.25) is 5.91 Å². The monoisotopic (exact) mass is 344 g/mol. The van der Waals surface area contributed by atoms with Gasteiger partial charge in [0.1, 0.15) is 0 Å². The second-order valence-electron chi connectivity index (χ2n) is 7.32. The maximum absolute atomic E-state index is 12.7. The summed E-state index contributed by atoms with van der Waals surface area (Å²) in [4.78, 5) is 26.9. The number of carbonyl (C=O) groups excluding carboxylic acids is 2. The number of anilines is 1. The molecule has 1 saturated heterocycles. The molecule has 2 aliphatic rings. The molecular formula is C20H28N2O3. The van der Waals surface area contributed by atoms with Crippen molar-refractivity contribution in [2.75, 3.05) is 25.0 Å². The van der Waals surface area contributed by atoms with E-state index in [4.69, 9.17) is 0 Å². The van der Waals surface area contributed by atoms with Crippen molar-refractivity contribution in [3.05, 3.63) is 29.8 Å². The molecule has 2 fully saturated rings. The molecule has 2 N–H and O–H groups in total. The van der Waals surface area contributed by atoms with Crippen molar-refractivity contribution in [2.45, 2.75) is 44.9 Å². The van der Waals surface area contributed by atoms with Crippen LogP contribution < -0.4 is 5.32 Å². The number of nitrogens with one attached hydrogen (secondary N) is 1. The van der Waals surface area contributed by atoms with Crippen LogP contribution in [0.15, 0.2) is 24.3 Å². The number of carbonyl (C=O) groups is 2. The third-order valence-corrected chi connectivity index (χ3v) is 5.51. The van der Waals surface area contributed by atoms with Gasteiger partial charge in [-0.1, -0.05) is 25.3 Å². The number of amides is 2. The molecule has 0 spiro atoms. The predicted octanol–water partition coefficient (Wildman–Crippen LogP) is 3.05. The lowest BCUT2D eigenvalue weighted by Crippen LogP contribution is -2.39. The summed E-state index contributed by atoms with van der Waals surface area (Å²) in [5.74, 6) is 0.494. The number of aliphatic hydroxyl groups excluding tert-OH is 1. The lowest BCUT2D eigenvalue weighted by Gasteiger charge is -2.31. The van der Waals surface area contributed by atoms with Gasteiger partial charge in [0.15, 0.2) is 0 Å². The topological polar surface area (TPSA) is 69.6 Å². The average molecular weight is 344 g/mol. The zero-order valence-corrected chi connectivity index (χ0v) is 14.7. The van der Waals surface area contributed by atoms with E-state index in [-0.39, 0.29) is 24.3 Å². The Morgan fingerprint density at radius 1 is 1.08 bits per heavy atom. The van der Waals surface area contributed by atoms with Gasteiger partial charge in [-0.05, 0) is 49.8 Å². The lowest BCUT2D eigenvalue weighted by atomic mass is 9.88. The minimum Gasteiger partial charge on any atom is -0.396 e. The van der Waals surface area contributed by atoms with E-state index >= 15 is 0 Å². The molecule has 0 radical (unpaired) electrons. The summed E-state index contributed by atoms with van der Waals surface area (Å²) in [7, 11) is 0. The molecule has 0 aromatic heterocycles. The van der Waals surface area contributed by atoms with E-state index in [0.29, 0.717) is 30.3 Å². The Labute approximate surface area is 149 Å². The molecule has 5 heteroatoms. The summed E-state index contributed by atoms with van der Waals surface area (Å²) in [6.07, 6.45) is 7.09. The van der Waals surface area contributed by atoms with Crippen LogP contribution in [0, 0.1) is 11.8 Å². The molecule has 0 unspecified atom stereocenters. The van der Waals surface area contributed by atoms with Crippen molar-refractivity contribution in [3.8, 4) is 0 Å². The predicted molar refractivity (Wildman–Crippen MR) is 97.4 cm³/mol. The number of hydrogen-bond donors (Lipinski definition) is 2. The van der Waals surface area contributed by atoms with E-state index in [1.807, 2.05) is 17.0 Å². The third kappa shape index (κ3) is 4.60. The van der Waals surface area contributed by atoms with Crippen LogP contribution in [0.25, 0.3) is 0 Å². The number of benzene rings is 1. The largest absolute Gasteiger partial charge is 0.396 e. The first-order valence-electron chi connectivity index (χ1n) is 9.48. The van der Waals surface area contributed by atoms with Crippen molar-refractivity contribution in [2.24, 2.45) is 11.8 Å². The molecule has 0 bridgehead atoms. The van der Waals surface area contributed by atoms with Crippen LogP contribution in [0.3, 0.4) is 0 Å². The average Bonchev–Trinajstić information content (AvgIpc) is 2.68. The molecule has 1 saturated carbocycles. The molecular weight excluding hydrogens is 316 g/mol. The van der Waals surface area contributed by atoms with Crippen molar-refractivity contribution in [3.63, 3.8) is 0 Å². The second-order valence-corrected chi connectivity index (χ2v) is 7.32. The van der Waals surface area contributed by atoms with E-state index in [9.17, 15) is 14.7 Å². The molecule has 1 heterocycles. The summed E-state index contributed by atoms with van der Waals surface area (Å²) in [6, 6.07) is 7.25. The number of piperidine rings is 1. The Bertz CT molecular complexity index is 603. The van der Waals surface area contributed by atoms with Crippen molar-refractivity contribution in [1.29, 1.82) is 0 Å². The van der Waals surface area contributed by atoms with Crippen LogP contribution in [-0.4, -0.2) is 41.5 Å². The molecule has 0 atom stereocenters. The van der Waals surface area contributed by atoms with E-state index in [1.54, 1.807) is 12.1 Å². The molecule has 1 aromatic rings. The normalized spacial score (nSPS) is 19.6. The fourth-order valence-electron chi connectivity index (χ4n) is 3.84. The molecule has 1 aliphatic heterocycles. The smallest absolute Gasteiger partial charge is 0.253 e. The minimum atomic E-state index is 0.00477. The molecule has 5 nitrogen and oxygen atoms in total. The zero-order valence-electron chi connectivity index (χ0n) is 14.7. The van der Waals surface area contributed by atoms with Gasteiger partial charge in [0, 0.05) is 36.9 Å². The minimum absolute atomic E-state index is 0.00477. The molecule has 1 aromatic carbocycles.